The van der Waals surface area contributed by atoms with Crippen LogP contribution in [0, 0.1) is 5.92 Å². The van der Waals surface area contributed by atoms with Crippen LogP contribution in [0.5, 0.6) is 0 Å². The molecular weight excluding hydrogens is 167 g/mol. The molecule has 1 rings (SSSR count). The minimum Gasteiger partial charge on any atom is -0.378 e. The lowest BCUT2D eigenvalue weighted by molar-refractivity contribution is -0.164. The number of alkyl halides is 3. The zero-order valence-corrected chi connectivity index (χ0v) is 6.93. The lowest BCUT2D eigenvalue weighted by Crippen LogP contribution is -2.31. The normalized spacial score (nSPS) is 24.7. The van der Waals surface area contributed by atoms with Crippen LogP contribution in [0.2, 0.25) is 0 Å². The summed E-state index contributed by atoms with van der Waals surface area (Å²) in [6.45, 7) is 3.22. The quantitative estimate of drug-likeness (QED) is 0.597. The Labute approximate surface area is 69.9 Å². The summed E-state index contributed by atoms with van der Waals surface area (Å²) in [6.07, 6.45) is -1.08. The van der Waals surface area contributed by atoms with Gasteiger partial charge in [-0.15, -0.1) is 0 Å². The van der Waals surface area contributed by atoms with E-state index in [0.29, 0.717) is 6.54 Å². The Morgan fingerprint density at radius 1 is 1.50 bits per heavy atom. The average molecular weight is 179 g/mol. The van der Waals surface area contributed by atoms with E-state index in [4.69, 9.17) is 0 Å². The maximum Gasteiger partial charge on any atom is 0.395 e. The standard InChI is InChI=1S/C8H12F3N/c1-2-12-5-3-7(4-6-12)8(9,10)11/h3,5,7H,2,4,6H2,1H3. The third-order valence-corrected chi connectivity index (χ3v) is 2.08. The van der Waals surface area contributed by atoms with Crippen LogP contribution in [0.1, 0.15) is 13.3 Å². The molecule has 0 saturated heterocycles. The summed E-state index contributed by atoms with van der Waals surface area (Å²) in [7, 11) is 0. The second-order valence-electron chi connectivity index (χ2n) is 2.91. The van der Waals surface area contributed by atoms with Gasteiger partial charge in [-0.05, 0) is 19.5 Å². The van der Waals surface area contributed by atoms with Crippen LogP contribution in [0.4, 0.5) is 13.2 Å². The molecule has 70 valence electrons. The number of hydrogen-bond acceptors (Lipinski definition) is 1. The van der Waals surface area contributed by atoms with Gasteiger partial charge in [0, 0.05) is 13.1 Å². The maximum absolute atomic E-state index is 12.1. The number of hydrogen-bond donors (Lipinski definition) is 0. The Kier molecular flexibility index (Phi) is 2.65. The monoisotopic (exact) mass is 179 g/mol. The molecule has 0 aromatic carbocycles. The first-order chi connectivity index (χ1) is 5.54. The predicted octanol–water partition coefficient (Wildman–Crippen LogP) is 2.40. The van der Waals surface area contributed by atoms with E-state index in [1.165, 1.54) is 6.08 Å². The average Bonchev–Trinajstić information content (AvgIpc) is 2.03. The zero-order chi connectivity index (χ0) is 9.19. The van der Waals surface area contributed by atoms with Crippen molar-refractivity contribution in [1.29, 1.82) is 0 Å². The van der Waals surface area contributed by atoms with E-state index >= 15 is 0 Å². The van der Waals surface area contributed by atoms with Gasteiger partial charge in [-0.2, -0.15) is 13.2 Å². The summed E-state index contributed by atoms with van der Waals surface area (Å²) in [5, 5.41) is 0. The maximum atomic E-state index is 12.1. The summed E-state index contributed by atoms with van der Waals surface area (Å²) >= 11 is 0. The molecular formula is C8H12F3N. The summed E-state index contributed by atoms with van der Waals surface area (Å²) in [4.78, 5) is 1.88. The van der Waals surface area contributed by atoms with E-state index in [9.17, 15) is 13.2 Å². The Bertz CT molecular complexity index is 174. The Hall–Kier alpha value is -0.670. The Morgan fingerprint density at radius 3 is 2.50 bits per heavy atom. The van der Waals surface area contributed by atoms with E-state index in [1.807, 2.05) is 11.8 Å². The molecule has 1 unspecified atom stereocenters. The van der Waals surface area contributed by atoms with Gasteiger partial charge >= 0.3 is 6.18 Å². The summed E-state index contributed by atoms with van der Waals surface area (Å²) in [5.74, 6) is -1.24. The topological polar surface area (TPSA) is 3.24 Å². The predicted molar refractivity (Wildman–Crippen MR) is 40.5 cm³/mol. The molecule has 0 bridgehead atoms. The van der Waals surface area contributed by atoms with Crippen LogP contribution in [0.15, 0.2) is 12.3 Å². The number of nitrogens with zero attached hydrogens (tertiary/aromatic N) is 1. The second-order valence-corrected chi connectivity index (χ2v) is 2.91. The van der Waals surface area contributed by atoms with Crippen molar-refractivity contribution in [2.75, 3.05) is 13.1 Å². The van der Waals surface area contributed by atoms with Gasteiger partial charge in [0.15, 0.2) is 0 Å². The van der Waals surface area contributed by atoms with Crippen LogP contribution >= 0.6 is 0 Å². The van der Waals surface area contributed by atoms with Crippen molar-refractivity contribution in [3.8, 4) is 0 Å². The molecule has 0 fully saturated rings. The van der Waals surface area contributed by atoms with Gasteiger partial charge in [-0.1, -0.05) is 6.08 Å². The minimum absolute atomic E-state index is 0.188. The fraction of sp³-hybridized carbons (Fsp3) is 0.750. The van der Waals surface area contributed by atoms with E-state index in [0.717, 1.165) is 6.54 Å². The SMILES string of the molecule is CCN1C=CC(C(F)(F)F)CC1. The van der Waals surface area contributed by atoms with Gasteiger partial charge in [0.2, 0.25) is 0 Å². The highest BCUT2D eigenvalue weighted by molar-refractivity contribution is 4.96. The van der Waals surface area contributed by atoms with Gasteiger partial charge in [0.05, 0.1) is 5.92 Å². The lowest BCUT2D eigenvalue weighted by Gasteiger charge is -2.27. The molecule has 0 aromatic heterocycles. The van der Waals surface area contributed by atoms with E-state index in [-0.39, 0.29) is 6.42 Å². The highest BCUT2D eigenvalue weighted by atomic mass is 19.4. The minimum atomic E-state index is -4.06. The Morgan fingerprint density at radius 2 is 2.17 bits per heavy atom. The fourth-order valence-corrected chi connectivity index (χ4v) is 1.24. The molecule has 0 N–H and O–H groups in total. The van der Waals surface area contributed by atoms with Crippen LogP contribution in [0.3, 0.4) is 0 Å². The molecule has 0 aromatic rings. The van der Waals surface area contributed by atoms with Crippen molar-refractivity contribution in [2.45, 2.75) is 19.5 Å². The van der Waals surface area contributed by atoms with Gasteiger partial charge in [0.25, 0.3) is 0 Å². The fourth-order valence-electron chi connectivity index (χ4n) is 1.24. The first-order valence-electron chi connectivity index (χ1n) is 4.03. The van der Waals surface area contributed by atoms with E-state index in [1.54, 1.807) is 6.20 Å². The van der Waals surface area contributed by atoms with Gasteiger partial charge in [0.1, 0.15) is 0 Å². The van der Waals surface area contributed by atoms with Crippen molar-refractivity contribution in [3.63, 3.8) is 0 Å². The van der Waals surface area contributed by atoms with Gasteiger partial charge in [-0.25, -0.2) is 0 Å². The van der Waals surface area contributed by atoms with Crippen LogP contribution in [-0.4, -0.2) is 24.2 Å². The van der Waals surface area contributed by atoms with Crippen LogP contribution < -0.4 is 0 Å². The molecule has 0 radical (unpaired) electrons. The molecule has 12 heavy (non-hydrogen) atoms. The smallest absolute Gasteiger partial charge is 0.378 e. The zero-order valence-electron chi connectivity index (χ0n) is 6.93. The van der Waals surface area contributed by atoms with Crippen molar-refractivity contribution < 1.29 is 13.2 Å². The molecule has 0 amide bonds. The summed E-state index contributed by atoms with van der Waals surface area (Å²) < 4.78 is 36.3. The lowest BCUT2D eigenvalue weighted by atomic mass is 10.0. The summed E-state index contributed by atoms with van der Waals surface area (Å²) in [5.41, 5.74) is 0. The molecule has 1 heterocycles. The number of allylic oxidation sites excluding steroid dienone is 1. The van der Waals surface area contributed by atoms with Gasteiger partial charge < -0.3 is 4.90 Å². The molecule has 1 aliphatic rings. The molecule has 1 aliphatic heterocycles. The molecule has 0 aliphatic carbocycles. The van der Waals surface area contributed by atoms with Gasteiger partial charge in [-0.3, -0.25) is 0 Å². The van der Waals surface area contributed by atoms with Crippen molar-refractivity contribution in [3.05, 3.63) is 12.3 Å². The summed E-state index contributed by atoms with van der Waals surface area (Å²) in [6, 6.07) is 0. The van der Waals surface area contributed by atoms with E-state index in [2.05, 4.69) is 0 Å². The second kappa shape index (κ2) is 3.37. The van der Waals surface area contributed by atoms with Crippen LogP contribution in [0.25, 0.3) is 0 Å². The third kappa shape index (κ3) is 2.16. The third-order valence-electron chi connectivity index (χ3n) is 2.08. The molecule has 0 saturated carbocycles. The first-order valence-corrected chi connectivity index (χ1v) is 4.03. The van der Waals surface area contributed by atoms with E-state index < -0.39 is 12.1 Å². The molecule has 1 atom stereocenters. The molecule has 1 nitrogen and oxygen atoms in total. The highest BCUT2D eigenvalue weighted by Crippen LogP contribution is 2.31. The molecule has 4 heteroatoms. The van der Waals surface area contributed by atoms with Crippen LogP contribution in [-0.2, 0) is 0 Å². The van der Waals surface area contributed by atoms with Crippen molar-refractivity contribution >= 4 is 0 Å². The largest absolute Gasteiger partial charge is 0.395 e. The first kappa shape index (κ1) is 9.42. The number of rotatable bonds is 1. The number of halogens is 3. The molecule has 0 spiro atoms. The van der Waals surface area contributed by atoms with Crippen molar-refractivity contribution in [1.82, 2.24) is 4.90 Å². The highest BCUT2D eigenvalue weighted by Gasteiger charge is 2.38. The van der Waals surface area contributed by atoms with Crippen molar-refractivity contribution in [2.24, 2.45) is 5.92 Å². The Balaban J connectivity index is 2.54.